The number of piperidine rings is 1. The molecule has 3 aliphatic heterocycles. The van der Waals surface area contributed by atoms with Crippen LogP contribution in [0.1, 0.15) is 6.42 Å². The van der Waals surface area contributed by atoms with E-state index in [1.807, 2.05) is 0 Å². The molecule has 0 amide bonds. The minimum atomic E-state index is 0.624. The lowest BCUT2D eigenvalue weighted by atomic mass is 10.0. The van der Waals surface area contributed by atoms with Gasteiger partial charge in [0.2, 0.25) is 0 Å². The van der Waals surface area contributed by atoms with Gasteiger partial charge in [0.05, 0.1) is 0 Å². The van der Waals surface area contributed by atoms with Crippen molar-refractivity contribution in [3.8, 4) is 0 Å². The van der Waals surface area contributed by atoms with E-state index >= 15 is 0 Å². The van der Waals surface area contributed by atoms with Crippen LogP contribution in [-0.4, -0.2) is 25.3 Å². The summed E-state index contributed by atoms with van der Waals surface area (Å²) in [7, 11) is 0. The largest absolute Gasteiger partial charge is 0.363 e. The second kappa shape index (κ2) is 1.20. The number of rotatable bonds is 0. The first kappa shape index (κ1) is 3.87. The van der Waals surface area contributed by atoms with Crippen LogP contribution in [-0.2, 0) is 4.74 Å². The summed E-state index contributed by atoms with van der Waals surface area (Å²) in [5.41, 5.74) is 0. The van der Waals surface area contributed by atoms with E-state index in [1.54, 1.807) is 0 Å². The van der Waals surface area contributed by atoms with Crippen LogP contribution in [0.15, 0.2) is 0 Å². The van der Waals surface area contributed by atoms with E-state index in [0.29, 0.717) is 12.2 Å². The van der Waals surface area contributed by atoms with E-state index in [0.717, 1.165) is 0 Å². The predicted octanol–water partition coefficient (Wildman–Crippen LogP) is -1.28. The Morgan fingerprint density at radius 3 is 2.00 bits per heavy atom. The number of fused-ring (bicyclic) bond motifs is 2. The number of hydrogen-bond donors (Lipinski definition) is 1. The van der Waals surface area contributed by atoms with E-state index in [9.17, 15) is 0 Å². The maximum absolute atomic E-state index is 5.34. The Bertz CT molecular complexity index is 64.6. The first-order chi connectivity index (χ1) is 3.45. The Morgan fingerprint density at radius 2 is 1.86 bits per heavy atom. The van der Waals surface area contributed by atoms with Crippen LogP contribution in [0.2, 0.25) is 0 Å². The molecule has 2 N–H and O–H groups in total. The topological polar surface area (TPSA) is 25.8 Å². The lowest BCUT2D eigenvalue weighted by Gasteiger charge is -2.38. The lowest BCUT2D eigenvalue weighted by molar-refractivity contribution is -0.699. The summed E-state index contributed by atoms with van der Waals surface area (Å²) in [4.78, 5) is 0. The SMILES string of the molecule is C1[NH2+]CC2CC1O2. The maximum Gasteiger partial charge on any atom is 0.110 e. The van der Waals surface area contributed by atoms with Crippen LogP contribution in [0.3, 0.4) is 0 Å². The van der Waals surface area contributed by atoms with Crippen molar-refractivity contribution >= 4 is 0 Å². The second-order valence-electron chi connectivity index (χ2n) is 2.38. The van der Waals surface area contributed by atoms with Crippen LogP contribution in [0, 0.1) is 0 Å². The number of quaternary nitrogens is 1. The smallest absolute Gasteiger partial charge is 0.110 e. The van der Waals surface area contributed by atoms with Crippen LogP contribution in [0.5, 0.6) is 0 Å². The van der Waals surface area contributed by atoms with Crippen LogP contribution < -0.4 is 5.32 Å². The first-order valence-electron chi connectivity index (χ1n) is 2.92. The fourth-order valence-corrected chi connectivity index (χ4v) is 1.33. The van der Waals surface area contributed by atoms with Crippen molar-refractivity contribution in [1.29, 1.82) is 0 Å². The van der Waals surface area contributed by atoms with E-state index in [1.165, 1.54) is 19.5 Å². The van der Waals surface area contributed by atoms with E-state index in [4.69, 9.17) is 4.74 Å². The van der Waals surface area contributed by atoms with Gasteiger partial charge in [-0.05, 0) is 0 Å². The summed E-state index contributed by atoms with van der Waals surface area (Å²) >= 11 is 0. The molecule has 2 atom stereocenters. The molecule has 2 bridgehead atoms. The van der Waals surface area contributed by atoms with Crippen LogP contribution in [0.4, 0.5) is 0 Å². The van der Waals surface area contributed by atoms with Gasteiger partial charge in [-0.3, -0.25) is 0 Å². The summed E-state index contributed by atoms with van der Waals surface area (Å²) in [6.45, 7) is 2.41. The van der Waals surface area contributed by atoms with Gasteiger partial charge in [0.1, 0.15) is 25.3 Å². The van der Waals surface area contributed by atoms with Gasteiger partial charge in [0, 0.05) is 6.42 Å². The normalized spacial score (nSPS) is 48.0. The Balaban J connectivity index is 1.99. The average molecular weight is 100 g/mol. The molecule has 0 radical (unpaired) electrons. The molecule has 3 aliphatic rings. The fraction of sp³-hybridized carbons (Fsp3) is 1.00. The van der Waals surface area contributed by atoms with Crippen molar-refractivity contribution in [2.75, 3.05) is 13.1 Å². The van der Waals surface area contributed by atoms with E-state index in [2.05, 4.69) is 5.32 Å². The number of ether oxygens (including phenoxy) is 1. The highest BCUT2D eigenvalue weighted by Crippen LogP contribution is 2.19. The molecule has 3 fully saturated rings. The molecule has 0 aromatic heterocycles. The van der Waals surface area contributed by atoms with Crippen molar-refractivity contribution in [2.24, 2.45) is 0 Å². The third-order valence-electron chi connectivity index (χ3n) is 1.77. The third-order valence-corrected chi connectivity index (χ3v) is 1.77. The number of morpholine rings is 1. The molecule has 3 heterocycles. The number of nitrogens with two attached hydrogens (primary N) is 1. The molecule has 40 valence electrons. The van der Waals surface area contributed by atoms with E-state index < -0.39 is 0 Å². The molecule has 0 aromatic rings. The second-order valence-corrected chi connectivity index (χ2v) is 2.38. The molecule has 0 saturated carbocycles. The zero-order chi connectivity index (χ0) is 4.69. The van der Waals surface area contributed by atoms with E-state index in [-0.39, 0.29) is 0 Å². The Kier molecular flexibility index (Phi) is 0.664. The minimum absolute atomic E-state index is 0.624. The molecule has 0 aromatic carbocycles. The van der Waals surface area contributed by atoms with Gasteiger partial charge in [-0.15, -0.1) is 0 Å². The predicted molar refractivity (Wildman–Crippen MR) is 24.9 cm³/mol. The quantitative estimate of drug-likeness (QED) is 0.403. The molecule has 0 aliphatic carbocycles. The summed E-state index contributed by atoms with van der Waals surface area (Å²) in [5.74, 6) is 0. The number of hydrogen-bond acceptors (Lipinski definition) is 1. The van der Waals surface area contributed by atoms with Gasteiger partial charge in [0.25, 0.3) is 0 Å². The minimum Gasteiger partial charge on any atom is -0.363 e. The summed E-state index contributed by atoms with van der Waals surface area (Å²) in [5, 5.41) is 2.34. The molecule has 3 rings (SSSR count). The van der Waals surface area contributed by atoms with Crippen molar-refractivity contribution in [3.05, 3.63) is 0 Å². The fourth-order valence-electron chi connectivity index (χ4n) is 1.33. The molecule has 0 spiro atoms. The Morgan fingerprint density at radius 1 is 1.29 bits per heavy atom. The summed E-state index contributed by atoms with van der Waals surface area (Å²) in [6, 6.07) is 0. The zero-order valence-corrected chi connectivity index (χ0v) is 4.26. The highest BCUT2D eigenvalue weighted by molar-refractivity contribution is 4.78. The highest BCUT2D eigenvalue weighted by Gasteiger charge is 2.36. The Hall–Kier alpha value is -0.0800. The van der Waals surface area contributed by atoms with Crippen LogP contribution in [0.25, 0.3) is 0 Å². The molecule has 7 heavy (non-hydrogen) atoms. The van der Waals surface area contributed by atoms with Gasteiger partial charge in [-0.25, -0.2) is 0 Å². The van der Waals surface area contributed by atoms with Gasteiger partial charge in [-0.1, -0.05) is 0 Å². The molecule has 2 unspecified atom stereocenters. The van der Waals surface area contributed by atoms with Crippen molar-refractivity contribution in [2.45, 2.75) is 18.6 Å². The molecule has 2 nitrogen and oxygen atoms in total. The van der Waals surface area contributed by atoms with Gasteiger partial charge >= 0.3 is 0 Å². The van der Waals surface area contributed by atoms with Gasteiger partial charge in [-0.2, -0.15) is 0 Å². The third kappa shape index (κ3) is 0.469. The van der Waals surface area contributed by atoms with Crippen molar-refractivity contribution < 1.29 is 10.1 Å². The molecular formula is C5H10NO+. The van der Waals surface area contributed by atoms with Gasteiger partial charge < -0.3 is 10.1 Å². The summed E-state index contributed by atoms with van der Waals surface area (Å²) in [6.07, 6.45) is 2.58. The highest BCUT2D eigenvalue weighted by atomic mass is 16.5. The van der Waals surface area contributed by atoms with Crippen molar-refractivity contribution in [3.63, 3.8) is 0 Å². The lowest BCUT2D eigenvalue weighted by Crippen LogP contribution is -2.94. The average Bonchev–Trinajstić information content (AvgIpc) is 1.67. The van der Waals surface area contributed by atoms with Crippen molar-refractivity contribution in [1.82, 2.24) is 0 Å². The molecular weight excluding hydrogens is 90.1 g/mol. The molecule has 3 saturated heterocycles. The van der Waals surface area contributed by atoms with Crippen LogP contribution >= 0.6 is 0 Å². The summed E-state index contributed by atoms with van der Waals surface area (Å²) < 4.78 is 5.34. The maximum atomic E-state index is 5.34. The first-order valence-corrected chi connectivity index (χ1v) is 2.92. The molecule has 2 heteroatoms. The standard InChI is InChI=1S/C5H9NO/c1-4-2-6-3-5(1)7-4/h4-6H,1-3H2/p+1. The monoisotopic (exact) mass is 100 g/mol. The Labute approximate surface area is 42.9 Å². The zero-order valence-electron chi connectivity index (χ0n) is 4.26. The van der Waals surface area contributed by atoms with Gasteiger partial charge in [0.15, 0.2) is 0 Å².